The summed E-state index contributed by atoms with van der Waals surface area (Å²) in [5.74, 6) is -15.5. The van der Waals surface area contributed by atoms with Crippen molar-refractivity contribution in [1.82, 2.24) is 39.6 Å². The summed E-state index contributed by atoms with van der Waals surface area (Å²) in [7, 11) is 5.77. The molecule has 0 spiro atoms. The molecule has 542 valence electrons. The van der Waals surface area contributed by atoms with Gasteiger partial charge in [0.25, 0.3) is 0 Å². The summed E-state index contributed by atoms with van der Waals surface area (Å²) >= 11 is 0. The maximum atomic E-state index is 15.5. The quantitative estimate of drug-likeness (QED) is 0.0819. The summed E-state index contributed by atoms with van der Waals surface area (Å²) in [6.45, 7) is 28.7. The van der Waals surface area contributed by atoms with E-state index in [1.807, 2.05) is 41.5 Å². The molecular formula is C70H120N8O16S. The van der Waals surface area contributed by atoms with Crippen LogP contribution in [0.1, 0.15) is 182 Å². The Morgan fingerprint density at radius 3 is 1.44 bits per heavy atom. The zero-order valence-electron chi connectivity index (χ0n) is 62.1. The Morgan fingerprint density at radius 2 is 0.989 bits per heavy atom. The number of hydrogen-bond acceptors (Lipinski definition) is 16. The van der Waals surface area contributed by atoms with E-state index in [1.54, 1.807) is 74.5 Å². The zero-order chi connectivity index (χ0) is 73.8. The molecule has 0 aromatic carbocycles. The number of nitrogens with zero attached hydrogens (tertiary/aromatic N) is 7. The molecule has 0 bridgehead atoms. The number of ketones is 3. The van der Waals surface area contributed by atoms with Crippen LogP contribution in [0.5, 0.6) is 0 Å². The van der Waals surface area contributed by atoms with Gasteiger partial charge in [-0.2, -0.15) is 0 Å². The van der Waals surface area contributed by atoms with Crippen LogP contribution in [-0.4, -0.2) is 235 Å². The van der Waals surface area contributed by atoms with Crippen molar-refractivity contribution >= 4 is 86.7 Å². The van der Waals surface area contributed by atoms with Crippen LogP contribution in [0.25, 0.3) is 0 Å². The fourth-order valence-electron chi connectivity index (χ4n) is 13.0. The van der Waals surface area contributed by atoms with Crippen molar-refractivity contribution in [3.63, 3.8) is 0 Å². The van der Waals surface area contributed by atoms with Gasteiger partial charge in [-0.25, -0.2) is 8.42 Å². The summed E-state index contributed by atoms with van der Waals surface area (Å²) in [6.07, 6.45) is 2.44. The van der Waals surface area contributed by atoms with Crippen LogP contribution in [-0.2, 0) is 76.9 Å². The Bertz CT molecular complexity index is 2820. The summed E-state index contributed by atoms with van der Waals surface area (Å²) in [4.78, 5) is 199. The van der Waals surface area contributed by atoms with Crippen molar-refractivity contribution in [1.29, 1.82) is 0 Å². The molecule has 1 saturated heterocycles. The highest BCUT2D eigenvalue weighted by atomic mass is 32.2. The van der Waals surface area contributed by atoms with Gasteiger partial charge in [0.05, 0.1) is 17.8 Å². The Labute approximate surface area is 568 Å². The van der Waals surface area contributed by atoms with Crippen LogP contribution in [0, 0.1) is 59.2 Å². The van der Waals surface area contributed by atoms with E-state index in [2.05, 4.69) is 5.32 Å². The number of allylic oxidation sites excluding steroid dienone is 2. The molecule has 0 saturated carbocycles. The van der Waals surface area contributed by atoms with Crippen LogP contribution in [0.3, 0.4) is 0 Å². The fourth-order valence-corrected chi connectivity index (χ4v) is 14.1. The topological polar surface area (TPSA) is 300 Å². The Morgan fingerprint density at radius 1 is 0.547 bits per heavy atom. The molecular weight excluding hydrogens is 1240 g/mol. The molecule has 1 N–H and O–H groups in total. The Hall–Kier alpha value is -6.40. The summed E-state index contributed by atoms with van der Waals surface area (Å²) in [5.41, 5.74) is 0. The fraction of sp³-hybridized carbons (Fsp3) is 0.786. The maximum Gasteiger partial charge on any atom is 0.303 e. The van der Waals surface area contributed by atoms with Gasteiger partial charge in [0.15, 0.2) is 11.6 Å². The van der Waals surface area contributed by atoms with E-state index in [1.165, 1.54) is 75.9 Å². The lowest BCUT2D eigenvalue weighted by molar-refractivity contribution is -0.164. The number of aldehydes is 1. The van der Waals surface area contributed by atoms with E-state index < -0.39 is 188 Å². The van der Waals surface area contributed by atoms with E-state index in [0.717, 1.165) is 27.9 Å². The minimum atomic E-state index is -3.85. The Kier molecular flexibility index (Phi) is 35.7. The molecule has 1 aliphatic rings. The van der Waals surface area contributed by atoms with Crippen molar-refractivity contribution in [2.45, 2.75) is 236 Å². The van der Waals surface area contributed by atoms with Crippen LogP contribution < -0.4 is 5.32 Å². The number of amides is 8. The molecule has 95 heavy (non-hydrogen) atoms. The normalized spacial score (nSPS) is 26.7. The molecule has 24 nitrogen and oxygen atoms in total. The molecule has 1 fully saturated rings. The predicted octanol–water partition coefficient (Wildman–Crippen LogP) is 6.09. The standard InChI is InChI=1S/C70H120N8O16S/c1-26-28-30-45(13)62(94-49(17)80)61-63(84)71-51(27-2)66(87)72(18)52(31-29-32-79)67(88)77(23)60(48(16)39-95(25,92)93)58(83)38-50(43(9)10)65(86)73(19)53(33-40(3)4)57(82)36-46(14)56(81)37-47(15)64(85)74(20)54(34-41(5)6)68(89)75(21)55(35-42(7)8)69(90)76(22)59(44(11)12)70(91)78(61)24/h26,28,32,40-48,50-55,59-62H,27,29-31,33-39H2,1-25H3,(H,71,84)/b28-26+/t45-,46-,47+,48-,50+,51+,52-,53+,54+,55+,59+,60?,61+,62-/m1/s1. The van der Waals surface area contributed by atoms with E-state index >= 15 is 33.6 Å². The molecule has 1 heterocycles. The number of Topliss-reactive ketones (excluding diaryl/α,β-unsaturated/α-hetero) is 3. The minimum absolute atomic E-state index is 0.107. The predicted molar refractivity (Wildman–Crippen MR) is 365 cm³/mol. The molecule has 0 aromatic rings. The third-order valence-electron chi connectivity index (χ3n) is 18.5. The van der Waals surface area contributed by atoms with E-state index in [0.29, 0.717) is 6.29 Å². The second kappa shape index (κ2) is 39.1. The first kappa shape index (κ1) is 86.6. The monoisotopic (exact) mass is 1360 g/mol. The molecule has 0 aromatic heterocycles. The first-order valence-electron chi connectivity index (χ1n) is 33.9. The largest absolute Gasteiger partial charge is 0.459 e. The average Bonchev–Trinajstić information content (AvgIpc) is 0.818. The van der Waals surface area contributed by atoms with Gasteiger partial charge < -0.3 is 49.1 Å². The van der Waals surface area contributed by atoms with Crippen LogP contribution in [0.2, 0.25) is 0 Å². The summed E-state index contributed by atoms with van der Waals surface area (Å²) < 4.78 is 32.0. The minimum Gasteiger partial charge on any atom is -0.459 e. The lowest BCUT2D eigenvalue weighted by atomic mass is 9.83. The number of likely N-dealkylation sites (N-methyl/N-ethyl adjacent to an activating group) is 7. The number of sulfone groups is 1. The highest BCUT2D eigenvalue weighted by Crippen LogP contribution is 2.30. The first-order chi connectivity index (χ1) is 43.8. The highest BCUT2D eigenvalue weighted by Gasteiger charge is 2.48. The lowest BCUT2D eigenvalue weighted by Gasteiger charge is -2.42. The van der Waals surface area contributed by atoms with Crippen LogP contribution in [0.15, 0.2) is 12.2 Å². The number of hydrogen-bond donors (Lipinski definition) is 1. The molecule has 1 unspecified atom stereocenters. The SMILES string of the molecule is C/C=C/C[C@@H](C)[C@@H](OC(C)=O)[C@H]1C(=O)N[C@@H](CC)C(=O)N(C)[C@H](CCC=O)C(=O)N(C)C([C@H](C)CS(C)(=O)=O)C(=O)C[C@@H](C(C)C)C(=O)N(C)[C@@H](CC(C)C)C(=O)C[C@@H](C)C(=O)C[C@H](C)C(=O)N(C)[C@@H](CC(C)C)C(=O)N(C)[C@@H](CC(C)C)C(=O)N(C)[C@@H](C(C)C)C(=O)N1C. The van der Waals surface area contributed by atoms with Crippen LogP contribution >= 0.6 is 0 Å². The van der Waals surface area contributed by atoms with Gasteiger partial charge in [0.1, 0.15) is 64.3 Å². The van der Waals surface area contributed by atoms with Gasteiger partial charge in [-0.05, 0) is 86.9 Å². The van der Waals surface area contributed by atoms with Gasteiger partial charge in [0, 0.05) is 106 Å². The molecule has 1 rings (SSSR count). The number of ether oxygens (including phenoxy) is 1. The number of carbonyl (C=O) groups excluding carboxylic acids is 13. The third kappa shape index (κ3) is 24.9. The van der Waals surface area contributed by atoms with Gasteiger partial charge in [0.2, 0.25) is 47.3 Å². The van der Waals surface area contributed by atoms with Gasteiger partial charge in [-0.1, -0.05) is 116 Å². The molecule has 1 aliphatic heterocycles. The van der Waals surface area contributed by atoms with Gasteiger partial charge in [-0.3, -0.25) is 57.5 Å². The highest BCUT2D eigenvalue weighted by molar-refractivity contribution is 7.90. The van der Waals surface area contributed by atoms with E-state index in [4.69, 9.17) is 4.74 Å². The van der Waals surface area contributed by atoms with E-state index in [9.17, 15) is 37.2 Å². The Balaban J connectivity index is 4.69. The van der Waals surface area contributed by atoms with Crippen molar-refractivity contribution in [3.8, 4) is 0 Å². The van der Waals surface area contributed by atoms with Crippen molar-refractivity contribution in [3.05, 3.63) is 12.2 Å². The average molecular weight is 1360 g/mol. The second-order valence-corrected chi connectivity index (χ2v) is 31.2. The molecule has 0 radical (unpaired) electrons. The van der Waals surface area contributed by atoms with Crippen molar-refractivity contribution in [2.24, 2.45) is 59.2 Å². The molecule has 8 amide bonds. The summed E-state index contributed by atoms with van der Waals surface area (Å²) in [5, 5.41) is 2.76. The zero-order valence-corrected chi connectivity index (χ0v) is 62.9. The number of rotatable bonds is 20. The summed E-state index contributed by atoms with van der Waals surface area (Å²) in [6, 6.07) is -11.0. The molecule has 0 aliphatic carbocycles. The number of carbonyl (C=O) groups is 13. The lowest BCUT2D eigenvalue weighted by Crippen LogP contribution is -2.64. The smallest absolute Gasteiger partial charge is 0.303 e. The van der Waals surface area contributed by atoms with Gasteiger partial charge in [-0.15, -0.1) is 0 Å². The van der Waals surface area contributed by atoms with Crippen LogP contribution in [0.4, 0.5) is 0 Å². The number of esters is 1. The van der Waals surface area contributed by atoms with Crippen molar-refractivity contribution < 1.29 is 75.5 Å². The second-order valence-electron chi connectivity index (χ2n) is 29.0. The third-order valence-corrected chi connectivity index (χ3v) is 19.6. The first-order valence-corrected chi connectivity index (χ1v) is 36.0. The van der Waals surface area contributed by atoms with Gasteiger partial charge >= 0.3 is 5.97 Å². The molecule has 14 atom stereocenters. The number of nitrogens with one attached hydrogen (secondary N) is 1. The molecule has 25 heteroatoms. The maximum absolute atomic E-state index is 15.5. The van der Waals surface area contributed by atoms with E-state index in [-0.39, 0.29) is 75.5 Å². The van der Waals surface area contributed by atoms with Crippen molar-refractivity contribution in [2.75, 3.05) is 61.3 Å².